The summed E-state index contributed by atoms with van der Waals surface area (Å²) in [5.41, 5.74) is 0.320. The molecule has 2 rings (SSSR count). The highest BCUT2D eigenvalue weighted by molar-refractivity contribution is 5.74. The van der Waals surface area contributed by atoms with E-state index in [1.165, 1.54) is 12.1 Å². The summed E-state index contributed by atoms with van der Waals surface area (Å²) in [5, 5.41) is 0. The van der Waals surface area contributed by atoms with E-state index in [9.17, 15) is 9.18 Å². The monoisotopic (exact) mass is 238 g/mol. The predicted molar refractivity (Wildman–Crippen MR) is 60.8 cm³/mol. The molecule has 0 radical (unpaired) electrons. The van der Waals surface area contributed by atoms with E-state index in [0.717, 1.165) is 26.1 Å². The summed E-state index contributed by atoms with van der Waals surface area (Å²) in [6.45, 7) is 2.00. The van der Waals surface area contributed by atoms with Crippen molar-refractivity contribution in [1.29, 1.82) is 0 Å². The summed E-state index contributed by atoms with van der Waals surface area (Å²) < 4.78 is 24.1. The zero-order chi connectivity index (χ0) is 12.1. The number of aldehydes is 1. The molecule has 0 unspecified atom stereocenters. The minimum Gasteiger partial charge on any atom is -0.490 e. The number of hydrogen-bond donors (Lipinski definition) is 0. The van der Waals surface area contributed by atoms with E-state index >= 15 is 0 Å². The lowest BCUT2D eigenvalue weighted by Crippen LogP contribution is -2.21. The van der Waals surface area contributed by atoms with Crippen molar-refractivity contribution in [3.8, 4) is 5.75 Å². The van der Waals surface area contributed by atoms with Crippen molar-refractivity contribution in [2.24, 2.45) is 5.92 Å². The maximum atomic E-state index is 13.5. The van der Waals surface area contributed by atoms with E-state index in [1.807, 2.05) is 0 Å². The van der Waals surface area contributed by atoms with Crippen LogP contribution in [0, 0.1) is 11.7 Å². The Hall–Kier alpha value is -1.42. The Balaban J connectivity index is 1.91. The first kappa shape index (κ1) is 12.0. The Morgan fingerprint density at radius 3 is 2.82 bits per heavy atom. The molecular formula is C13H15FO3. The smallest absolute Gasteiger partial charge is 0.165 e. The number of rotatable bonds is 4. The van der Waals surface area contributed by atoms with Crippen LogP contribution in [-0.2, 0) is 4.74 Å². The van der Waals surface area contributed by atoms with Crippen molar-refractivity contribution in [3.63, 3.8) is 0 Å². The summed E-state index contributed by atoms with van der Waals surface area (Å²) in [4.78, 5) is 10.5. The lowest BCUT2D eigenvalue weighted by Gasteiger charge is -2.22. The number of carbonyl (C=O) groups is 1. The molecule has 4 heteroatoms. The number of hydrogen-bond acceptors (Lipinski definition) is 3. The number of carbonyl (C=O) groups excluding carboxylic acids is 1. The van der Waals surface area contributed by atoms with Gasteiger partial charge in [0.25, 0.3) is 0 Å². The second-order valence-electron chi connectivity index (χ2n) is 4.17. The molecule has 0 bridgehead atoms. The first-order chi connectivity index (χ1) is 8.29. The van der Waals surface area contributed by atoms with Gasteiger partial charge in [-0.25, -0.2) is 4.39 Å². The molecule has 3 nitrogen and oxygen atoms in total. The van der Waals surface area contributed by atoms with Crippen molar-refractivity contribution in [3.05, 3.63) is 29.6 Å². The SMILES string of the molecule is O=Cc1ccc(OCC2CCOCC2)c(F)c1. The molecule has 1 heterocycles. The maximum Gasteiger partial charge on any atom is 0.165 e. The summed E-state index contributed by atoms with van der Waals surface area (Å²) in [6, 6.07) is 4.24. The van der Waals surface area contributed by atoms with Gasteiger partial charge in [0.2, 0.25) is 0 Å². The Bertz CT molecular complexity index is 386. The maximum absolute atomic E-state index is 13.5. The van der Waals surface area contributed by atoms with Crippen LogP contribution in [0.5, 0.6) is 5.75 Å². The Kier molecular flexibility index (Phi) is 4.09. The van der Waals surface area contributed by atoms with Crippen LogP contribution in [-0.4, -0.2) is 26.1 Å². The van der Waals surface area contributed by atoms with Gasteiger partial charge < -0.3 is 9.47 Å². The lowest BCUT2D eigenvalue weighted by atomic mass is 10.0. The third kappa shape index (κ3) is 3.27. The fraction of sp³-hybridized carbons (Fsp3) is 0.462. The van der Waals surface area contributed by atoms with Gasteiger partial charge >= 0.3 is 0 Å². The van der Waals surface area contributed by atoms with Crippen LogP contribution in [0.15, 0.2) is 18.2 Å². The first-order valence-electron chi connectivity index (χ1n) is 5.75. The van der Waals surface area contributed by atoms with Crippen molar-refractivity contribution >= 4 is 6.29 Å². The van der Waals surface area contributed by atoms with Gasteiger partial charge in [0.15, 0.2) is 11.6 Å². The summed E-state index contributed by atoms with van der Waals surface area (Å²) in [6.07, 6.45) is 2.52. The topological polar surface area (TPSA) is 35.5 Å². The summed E-state index contributed by atoms with van der Waals surface area (Å²) in [5.74, 6) is 0.151. The highest BCUT2D eigenvalue weighted by atomic mass is 19.1. The molecule has 1 aromatic carbocycles. The zero-order valence-electron chi connectivity index (χ0n) is 9.52. The third-order valence-electron chi connectivity index (χ3n) is 2.91. The largest absolute Gasteiger partial charge is 0.490 e. The molecule has 0 aliphatic carbocycles. The van der Waals surface area contributed by atoms with Gasteiger partial charge in [0, 0.05) is 18.8 Å². The van der Waals surface area contributed by atoms with Gasteiger partial charge in [-0.05, 0) is 37.0 Å². The Morgan fingerprint density at radius 2 is 2.18 bits per heavy atom. The van der Waals surface area contributed by atoms with Crippen LogP contribution in [0.2, 0.25) is 0 Å². The molecule has 0 saturated carbocycles. The molecule has 17 heavy (non-hydrogen) atoms. The highest BCUT2D eigenvalue weighted by Crippen LogP contribution is 2.21. The molecule has 0 aromatic heterocycles. The second kappa shape index (κ2) is 5.77. The van der Waals surface area contributed by atoms with E-state index < -0.39 is 5.82 Å². The molecule has 0 atom stereocenters. The van der Waals surface area contributed by atoms with Crippen LogP contribution < -0.4 is 4.74 Å². The van der Waals surface area contributed by atoms with E-state index in [1.54, 1.807) is 6.07 Å². The predicted octanol–water partition coefficient (Wildman–Crippen LogP) is 2.44. The van der Waals surface area contributed by atoms with Crippen LogP contribution >= 0.6 is 0 Å². The molecule has 1 fully saturated rings. The average molecular weight is 238 g/mol. The molecular weight excluding hydrogens is 223 g/mol. The fourth-order valence-corrected chi connectivity index (χ4v) is 1.83. The van der Waals surface area contributed by atoms with Gasteiger partial charge in [0.05, 0.1) is 6.61 Å². The quantitative estimate of drug-likeness (QED) is 0.756. The van der Waals surface area contributed by atoms with Gasteiger partial charge in [-0.1, -0.05) is 0 Å². The van der Waals surface area contributed by atoms with Crippen LogP contribution in [0.4, 0.5) is 4.39 Å². The van der Waals surface area contributed by atoms with Crippen molar-refractivity contribution < 1.29 is 18.7 Å². The molecule has 0 spiro atoms. The van der Waals surface area contributed by atoms with E-state index in [0.29, 0.717) is 24.4 Å². The zero-order valence-corrected chi connectivity index (χ0v) is 9.52. The molecule has 1 saturated heterocycles. The summed E-state index contributed by atoms with van der Waals surface area (Å²) >= 11 is 0. The molecule has 0 amide bonds. The average Bonchev–Trinajstić information content (AvgIpc) is 2.38. The normalized spacial score (nSPS) is 16.8. The Labute approximate surface area is 99.5 Å². The number of benzene rings is 1. The Morgan fingerprint density at radius 1 is 1.41 bits per heavy atom. The van der Waals surface area contributed by atoms with E-state index in [4.69, 9.17) is 9.47 Å². The fourth-order valence-electron chi connectivity index (χ4n) is 1.83. The molecule has 1 aliphatic heterocycles. The molecule has 92 valence electrons. The van der Waals surface area contributed by atoms with Crippen molar-refractivity contribution in [2.45, 2.75) is 12.8 Å². The van der Waals surface area contributed by atoms with E-state index in [2.05, 4.69) is 0 Å². The highest BCUT2D eigenvalue weighted by Gasteiger charge is 2.15. The van der Waals surface area contributed by atoms with Crippen LogP contribution in [0.25, 0.3) is 0 Å². The molecule has 1 aromatic rings. The number of ether oxygens (including phenoxy) is 2. The van der Waals surface area contributed by atoms with Gasteiger partial charge in [-0.15, -0.1) is 0 Å². The minimum absolute atomic E-state index is 0.210. The van der Waals surface area contributed by atoms with Crippen molar-refractivity contribution in [1.82, 2.24) is 0 Å². The third-order valence-corrected chi connectivity index (χ3v) is 2.91. The summed E-state index contributed by atoms with van der Waals surface area (Å²) in [7, 11) is 0. The first-order valence-corrected chi connectivity index (χ1v) is 5.75. The van der Waals surface area contributed by atoms with Gasteiger partial charge in [-0.3, -0.25) is 4.79 Å². The molecule has 1 aliphatic rings. The standard InChI is InChI=1S/C13H15FO3/c14-12-7-11(8-15)1-2-13(12)17-9-10-3-5-16-6-4-10/h1-2,7-8,10H,3-6,9H2. The lowest BCUT2D eigenvalue weighted by molar-refractivity contribution is 0.0491. The van der Waals surface area contributed by atoms with Crippen LogP contribution in [0.1, 0.15) is 23.2 Å². The number of halogens is 1. The van der Waals surface area contributed by atoms with Gasteiger partial charge in [0.1, 0.15) is 6.29 Å². The molecule has 0 N–H and O–H groups in total. The van der Waals surface area contributed by atoms with E-state index in [-0.39, 0.29) is 5.75 Å². The van der Waals surface area contributed by atoms with Crippen LogP contribution in [0.3, 0.4) is 0 Å². The second-order valence-corrected chi connectivity index (χ2v) is 4.17. The van der Waals surface area contributed by atoms with Crippen molar-refractivity contribution in [2.75, 3.05) is 19.8 Å². The van der Waals surface area contributed by atoms with Gasteiger partial charge in [-0.2, -0.15) is 0 Å². The minimum atomic E-state index is -0.485.